The van der Waals surface area contributed by atoms with Gasteiger partial charge in [0, 0.05) is 13.1 Å². The summed E-state index contributed by atoms with van der Waals surface area (Å²) in [6, 6.07) is 0.537. The summed E-state index contributed by atoms with van der Waals surface area (Å²) in [5.74, 6) is 2.24. The van der Waals surface area contributed by atoms with Crippen molar-refractivity contribution >= 4 is 5.96 Å². The van der Waals surface area contributed by atoms with Crippen LogP contribution in [0.25, 0.3) is 0 Å². The summed E-state index contributed by atoms with van der Waals surface area (Å²) in [6.45, 7) is 4.65. The maximum atomic E-state index is 5.62. The van der Waals surface area contributed by atoms with E-state index in [9.17, 15) is 0 Å². The molecule has 0 radical (unpaired) electrons. The van der Waals surface area contributed by atoms with E-state index >= 15 is 0 Å². The van der Waals surface area contributed by atoms with Crippen LogP contribution in [0.4, 0.5) is 0 Å². The molecule has 0 aromatic rings. The largest absolute Gasteiger partial charge is 0.370 e. The number of nitrogens with two attached hydrogens (primary N) is 1. The van der Waals surface area contributed by atoms with Gasteiger partial charge in [0.25, 0.3) is 0 Å². The van der Waals surface area contributed by atoms with Gasteiger partial charge in [-0.2, -0.15) is 0 Å². The molecule has 0 aliphatic heterocycles. The van der Waals surface area contributed by atoms with E-state index in [1.54, 1.807) is 7.05 Å². The lowest BCUT2D eigenvalue weighted by molar-refractivity contribution is 0.240. The molecule has 0 bridgehead atoms. The highest BCUT2D eigenvalue weighted by Gasteiger charge is 2.24. The standard InChI is InChI=1S/C10H21N3/c1-7-4-5-9(6-8(7)2)13-10(11)12-3/h7-9H,4-6H2,1-3H3,(H3,11,12,13). The topological polar surface area (TPSA) is 50.4 Å². The van der Waals surface area contributed by atoms with Gasteiger partial charge in [-0.3, -0.25) is 4.99 Å². The summed E-state index contributed by atoms with van der Waals surface area (Å²) in [4.78, 5) is 3.91. The predicted octanol–water partition coefficient (Wildman–Crippen LogP) is 1.35. The lowest BCUT2D eigenvalue weighted by Crippen LogP contribution is -2.43. The third-order valence-corrected chi connectivity index (χ3v) is 3.19. The molecule has 3 atom stereocenters. The van der Waals surface area contributed by atoms with Crippen molar-refractivity contribution in [2.45, 2.75) is 39.2 Å². The molecule has 3 unspecified atom stereocenters. The minimum absolute atomic E-state index is 0.537. The third-order valence-electron chi connectivity index (χ3n) is 3.19. The molecule has 3 heteroatoms. The molecule has 13 heavy (non-hydrogen) atoms. The maximum absolute atomic E-state index is 5.62. The van der Waals surface area contributed by atoms with E-state index in [0.29, 0.717) is 12.0 Å². The zero-order valence-corrected chi connectivity index (χ0v) is 8.88. The van der Waals surface area contributed by atoms with Crippen molar-refractivity contribution in [2.75, 3.05) is 7.05 Å². The van der Waals surface area contributed by atoms with Crippen LogP contribution >= 0.6 is 0 Å². The van der Waals surface area contributed by atoms with Gasteiger partial charge in [0.05, 0.1) is 0 Å². The summed E-state index contributed by atoms with van der Waals surface area (Å²) in [5.41, 5.74) is 5.62. The molecule has 76 valence electrons. The average molecular weight is 183 g/mol. The van der Waals surface area contributed by atoms with E-state index in [1.165, 1.54) is 19.3 Å². The van der Waals surface area contributed by atoms with Crippen molar-refractivity contribution < 1.29 is 0 Å². The number of nitrogens with zero attached hydrogens (tertiary/aromatic N) is 1. The van der Waals surface area contributed by atoms with E-state index in [2.05, 4.69) is 24.2 Å². The van der Waals surface area contributed by atoms with Crippen molar-refractivity contribution in [2.24, 2.45) is 22.6 Å². The second-order valence-corrected chi connectivity index (χ2v) is 4.22. The first-order valence-corrected chi connectivity index (χ1v) is 5.12. The quantitative estimate of drug-likeness (QED) is 0.476. The van der Waals surface area contributed by atoms with Crippen molar-refractivity contribution in [1.82, 2.24) is 5.32 Å². The molecule has 3 N–H and O–H groups in total. The Hall–Kier alpha value is -0.730. The van der Waals surface area contributed by atoms with Gasteiger partial charge in [-0.15, -0.1) is 0 Å². The van der Waals surface area contributed by atoms with E-state index in [1.807, 2.05) is 0 Å². The Morgan fingerprint density at radius 2 is 2.00 bits per heavy atom. The first-order chi connectivity index (χ1) is 6.13. The van der Waals surface area contributed by atoms with Crippen LogP contribution in [0, 0.1) is 11.8 Å². The Labute approximate surface area is 80.8 Å². The molecule has 0 amide bonds. The highest BCUT2D eigenvalue weighted by atomic mass is 15.1. The summed E-state index contributed by atoms with van der Waals surface area (Å²) >= 11 is 0. The molecule has 0 heterocycles. The minimum Gasteiger partial charge on any atom is -0.370 e. The van der Waals surface area contributed by atoms with Crippen LogP contribution in [0.5, 0.6) is 0 Å². The fraction of sp³-hybridized carbons (Fsp3) is 0.900. The van der Waals surface area contributed by atoms with Crippen LogP contribution in [-0.4, -0.2) is 19.0 Å². The Morgan fingerprint density at radius 1 is 1.31 bits per heavy atom. The monoisotopic (exact) mass is 183 g/mol. The lowest BCUT2D eigenvalue weighted by atomic mass is 9.79. The van der Waals surface area contributed by atoms with Crippen molar-refractivity contribution in [3.63, 3.8) is 0 Å². The van der Waals surface area contributed by atoms with Gasteiger partial charge in [-0.25, -0.2) is 0 Å². The molecule has 0 saturated heterocycles. The van der Waals surface area contributed by atoms with Crippen LogP contribution in [0.3, 0.4) is 0 Å². The molecule has 1 fully saturated rings. The van der Waals surface area contributed by atoms with Crippen molar-refractivity contribution in [3.8, 4) is 0 Å². The van der Waals surface area contributed by atoms with Gasteiger partial charge in [0.2, 0.25) is 0 Å². The average Bonchev–Trinajstić information content (AvgIpc) is 2.11. The summed E-state index contributed by atoms with van der Waals surface area (Å²) in [6.07, 6.45) is 3.74. The summed E-state index contributed by atoms with van der Waals surface area (Å²) < 4.78 is 0. The zero-order valence-electron chi connectivity index (χ0n) is 8.88. The number of guanidine groups is 1. The normalized spacial score (nSPS) is 35.9. The fourth-order valence-electron chi connectivity index (χ4n) is 1.95. The Kier molecular flexibility index (Phi) is 3.58. The van der Waals surface area contributed by atoms with Gasteiger partial charge in [0.1, 0.15) is 0 Å². The molecule has 1 aliphatic carbocycles. The second-order valence-electron chi connectivity index (χ2n) is 4.22. The predicted molar refractivity (Wildman–Crippen MR) is 56.6 cm³/mol. The molecule has 1 aliphatic rings. The van der Waals surface area contributed by atoms with E-state index in [0.717, 1.165) is 11.8 Å². The second kappa shape index (κ2) is 4.49. The molecule has 0 spiro atoms. The highest BCUT2D eigenvalue weighted by molar-refractivity contribution is 5.77. The first-order valence-electron chi connectivity index (χ1n) is 5.12. The van der Waals surface area contributed by atoms with E-state index in [4.69, 9.17) is 5.73 Å². The fourth-order valence-corrected chi connectivity index (χ4v) is 1.95. The van der Waals surface area contributed by atoms with Crippen LogP contribution in [-0.2, 0) is 0 Å². The van der Waals surface area contributed by atoms with Crippen LogP contribution < -0.4 is 11.1 Å². The van der Waals surface area contributed by atoms with Crippen LogP contribution in [0.1, 0.15) is 33.1 Å². The molecule has 0 aromatic heterocycles. The number of hydrogen-bond donors (Lipinski definition) is 2. The number of rotatable bonds is 1. The molecule has 1 rings (SSSR count). The van der Waals surface area contributed by atoms with E-state index in [-0.39, 0.29) is 0 Å². The molecular formula is C10H21N3. The van der Waals surface area contributed by atoms with Crippen molar-refractivity contribution in [1.29, 1.82) is 0 Å². The Morgan fingerprint density at radius 3 is 2.54 bits per heavy atom. The Bertz CT molecular complexity index is 189. The van der Waals surface area contributed by atoms with Gasteiger partial charge < -0.3 is 11.1 Å². The lowest BCUT2D eigenvalue weighted by Gasteiger charge is -2.32. The van der Waals surface area contributed by atoms with Gasteiger partial charge in [-0.1, -0.05) is 13.8 Å². The van der Waals surface area contributed by atoms with Crippen LogP contribution in [0.2, 0.25) is 0 Å². The molecular weight excluding hydrogens is 162 g/mol. The molecule has 0 aromatic carbocycles. The smallest absolute Gasteiger partial charge is 0.188 e. The SMILES string of the molecule is CN=C(N)NC1CCC(C)C(C)C1. The van der Waals surface area contributed by atoms with Gasteiger partial charge >= 0.3 is 0 Å². The van der Waals surface area contributed by atoms with Crippen molar-refractivity contribution in [3.05, 3.63) is 0 Å². The van der Waals surface area contributed by atoms with Crippen LogP contribution in [0.15, 0.2) is 4.99 Å². The highest BCUT2D eigenvalue weighted by Crippen LogP contribution is 2.29. The summed E-state index contributed by atoms with van der Waals surface area (Å²) in [7, 11) is 1.72. The number of aliphatic imine (C=N–C) groups is 1. The summed E-state index contributed by atoms with van der Waals surface area (Å²) in [5, 5.41) is 3.25. The third kappa shape index (κ3) is 2.90. The number of hydrogen-bond acceptors (Lipinski definition) is 1. The number of nitrogens with one attached hydrogen (secondary N) is 1. The first kappa shape index (κ1) is 10.4. The van der Waals surface area contributed by atoms with Gasteiger partial charge in [0.15, 0.2) is 5.96 Å². The maximum Gasteiger partial charge on any atom is 0.188 e. The molecule has 3 nitrogen and oxygen atoms in total. The van der Waals surface area contributed by atoms with E-state index < -0.39 is 0 Å². The Balaban J connectivity index is 2.37. The molecule has 1 saturated carbocycles. The van der Waals surface area contributed by atoms with Gasteiger partial charge in [-0.05, 0) is 31.1 Å². The zero-order chi connectivity index (χ0) is 9.84. The minimum atomic E-state index is 0.537.